The molecule has 0 saturated carbocycles. The number of aryl methyl sites for hydroxylation is 1. The Kier molecular flexibility index (Phi) is 2.13. The van der Waals surface area contributed by atoms with E-state index in [0.717, 1.165) is 5.56 Å². The average Bonchev–Trinajstić information content (AvgIpc) is 1.85. The van der Waals surface area contributed by atoms with Gasteiger partial charge < -0.3 is 4.42 Å². The van der Waals surface area contributed by atoms with Gasteiger partial charge in [-0.2, -0.15) is 0 Å². The lowest BCUT2D eigenvalue weighted by Gasteiger charge is -2.01. The first-order chi connectivity index (χ1) is 5.11. The van der Waals surface area contributed by atoms with Crippen LogP contribution in [0.25, 0.3) is 0 Å². The fraction of sp³-hybridized carbons (Fsp3) is 0.444. The average molecular weight is 152 g/mol. The molecule has 0 aliphatic rings. The third kappa shape index (κ3) is 1.70. The minimum Gasteiger partial charge on any atom is -0.469 e. The third-order valence-corrected chi connectivity index (χ3v) is 1.61. The van der Waals surface area contributed by atoms with E-state index in [1.807, 2.05) is 13.8 Å². The summed E-state index contributed by atoms with van der Waals surface area (Å²) < 4.78 is 5.10. The van der Waals surface area contributed by atoms with Crippen LogP contribution < -0.4 is 5.43 Å². The zero-order valence-electron chi connectivity index (χ0n) is 7.05. The summed E-state index contributed by atoms with van der Waals surface area (Å²) in [5, 5.41) is 0. The van der Waals surface area contributed by atoms with Crippen LogP contribution in [0.1, 0.15) is 31.1 Å². The van der Waals surface area contributed by atoms with Crippen molar-refractivity contribution in [1.29, 1.82) is 0 Å². The SMILES string of the molecule is Cc1cc(=O)c(C(C)C)co1. The van der Waals surface area contributed by atoms with E-state index in [4.69, 9.17) is 4.42 Å². The molecule has 0 unspecified atom stereocenters. The van der Waals surface area contributed by atoms with Crippen LogP contribution in [0.3, 0.4) is 0 Å². The predicted molar refractivity (Wildman–Crippen MR) is 43.8 cm³/mol. The highest BCUT2D eigenvalue weighted by Gasteiger charge is 2.04. The van der Waals surface area contributed by atoms with Gasteiger partial charge in [-0.25, -0.2) is 0 Å². The molecule has 1 rings (SSSR count). The highest BCUT2D eigenvalue weighted by Crippen LogP contribution is 2.08. The van der Waals surface area contributed by atoms with Crippen LogP contribution in [0.4, 0.5) is 0 Å². The van der Waals surface area contributed by atoms with Crippen molar-refractivity contribution >= 4 is 0 Å². The maximum absolute atomic E-state index is 11.2. The van der Waals surface area contributed by atoms with Crippen LogP contribution in [-0.4, -0.2) is 0 Å². The first kappa shape index (κ1) is 8.05. The Morgan fingerprint density at radius 3 is 2.55 bits per heavy atom. The zero-order valence-corrected chi connectivity index (χ0v) is 7.05. The van der Waals surface area contributed by atoms with E-state index < -0.39 is 0 Å². The fourth-order valence-electron chi connectivity index (χ4n) is 0.937. The monoisotopic (exact) mass is 152 g/mol. The van der Waals surface area contributed by atoms with E-state index in [1.54, 1.807) is 13.2 Å². The molecule has 2 nitrogen and oxygen atoms in total. The van der Waals surface area contributed by atoms with Crippen molar-refractivity contribution in [3.63, 3.8) is 0 Å². The molecule has 0 fully saturated rings. The van der Waals surface area contributed by atoms with Gasteiger partial charge in [-0.3, -0.25) is 4.79 Å². The lowest BCUT2D eigenvalue weighted by atomic mass is 10.1. The molecule has 1 heterocycles. The van der Waals surface area contributed by atoms with Gasteiger partial charge in [0.1, 0.15) is 5.76 Å². The second-order valence-corrected chi connectivity index (χ2v) is 2.96. The van der Waals surface area contributed by atoms with E-state index in [0.29, 0.717) is 5.76 Å². The smallest absolute Gasteiger partial charge is 0.188 e. The lowest BCUT2D eigenvalue weighted by molar-refractivity contribution is 0.503. The lowest BCUT2D eigenvalue weighted by Crippen LogP contribution is -2.08. The summed E-state index contributed by atoms with van der Waals surface area (Å²) in [7, 11) is 0. The van der Waals surface area contributed by atoms with Crippen molar-refractivity contribution in [3.8, 4) is 0 Å². The molecule has 0 bridgehead atoms. The van der Waals surface area contributed by atoms with Crippen molar-refractivity contribution in [1.82, 2.24) is 0 Å². The minimum atomic E-state index is 0.0729. The number of hydrogen-bond donors (Lipinski definition) is 0. The molecule has 0 aromatic carbocycles. The summed E-state index contributed by atoms with van der Waals surface area (Å²) in [6.45, 7) is 5.72. The van der Waals surface area contributed by atoms with Gasteiger partial charge in [-0.1, -0.05) is 13.8 Å². The molecule has 60 valence electrons. The second-order valence-electron chi connectivity index (χ2n) is 2.96. The van der Waals surface area contributed by atoms with E-state index in [9.17, 15) is 4.79 Å². The number of hydrogen-bond acceptors (Lipinski definition) is 2. The van der Waals surface area contributed by atoms with Gasteiger partial charge in [-0.05, 0) is 12.8 Å². The molecular formula is C9H12O2. The Morgan fingerprint density at radius 2 is 2.09 bits per heavy atom. The van der Waals surface area contributed by atoms with Crippen LogP contribution in [0, 0.1) is 6.92 Å². The van der Waals surface area contributed by atoms with Crippen molar-refractivity contribution in [2.24, 2.45) is 0 Å². The van der Waals surface area contributed by atoms with Crippen molar-refractivity contribution in [3.05, 3.63) is 33.9 Å². The first-order valence-corrected chi connectivity index (χ1v) is 3.70. The Morgan fingerprint density at radius 1 is 1.45 bits per heavy atom. The van der Waals surface area contributed by atoms with Gasteiger partial charge in [0.05, 0.1) is 6.26 Å². The summed E-state index contributed by atoms with van der Waals surface area (Å²) in [6, 6.07) is 1.52. The fourth-order valence-corrected chi connectivity index (χ4v) is 0.937. The Hall–Kier alpha value is -1.05. The second kappa shape index (κ2) is 2.91. The normalized spacial score (nSPS) is 10.5. The standard InChI is InChI=1S/C9H12O2/c1-6(2)8-5-11-7(3)4-9(8)10/h4-6H,1-3H3. The number of rotatable bonds is 1. The molecule has 0 N–H and O–H groups in total. The predicted octanol–water partition coefficient (Wildman–Crippen LogP) is 2.07. The molecule has 0 aliphatic heterocycles. The van der Waals surface area contributed by atoms with Crippen LogP contribution in [0.2, 0.25) is 0 Å². The summed E-state index contributed by atoms with van der Waals surface area (Å²) >= 11 is 0. The molecule has 0 amide bonds. The van der Waals surface area contributed by atoms with E-state index in [1.165, 1.54) is 6.07 Å². The quantitative estimate of drug-likeness (QED) is 0.616. The molecule has 0 spiro atoms. The first-order valence-electron chi connectivity index (χ1n) is 3.70. The Bertz CT molecular complexity index is 297. The van der Waals surface area contributed by atoms with Gasteiger partial charge in [0.15, 0.2) is 5.43 Å². The van der Waals surface area contributed by atoms with Gasteiger partial charge >= 0.3 is 0 Å². The van der Waals surface area contributed by atoms with Gasteiger partial charge in [0, 0.05) is 11.6 Å². The summed E-state index contributed by atoms with van der Waals surface area (Å²) in [6.07, 6.45) is 1.54. The summed E-state index contributed by atoms with van der Waals surface area (Å²) in [5.74, 6) is 0.909. The Labute approximate surface area is 65.9 Å². The van der Waals surface area contributed by atoms with Crippen molar-refractivity contribution < 1.29 is 4.42 Å². The van der Waals surface area contributed by atoms with E-state index in [-0.39, 0.29) is 11.3 Å². The maximum Gasteiger partial charge on any atom is 0.188 e. The van der Waals surface area contributed by atoms with Crippen LogP contribution in [0.5, 0.6) is 0 Å². The molecule has 1 aromatic rings. The highest BCUT2D eigenvalue weighted by atomic mass is 16.3. The van der Waals surface area contributed by atoms with Crippen LogP contribution in [-0.2, 0) is 0 Å². The molecule has 0 radical (unpaired) electrons. The minimum absolute atomic E-state index is 0.0729. The Balaban J connectivity index is 3.21. The molecule has 0 saturated heterocycles. The zero-order chi connectivity index (χ0) is 8.43. The van der Waals surface area contributed by atoms with Crippen molar-refractivity contribution in [2.45, 2.75) is 26.7 Å². The molecular weight excluding hydrogens is 140 g/mol. The van der Waals surface area contributed by atoms with Gasteiger partial charge in [0.2, 0.25) is 0 Å². The van der Waals surface area contributed by atoms with Gasteiger partial charge in [-0.15, -0.1) is 0 Å². The third-order valence-electron chi connectivity index (χ3n) is 1.61. The molecule has 11 heavy (non-hydrogen) atoms. The molecule has 0 atom stereocenters. The summed E-state index contributed by atoms with van der Waals surface area (Å²) in [4.78, 5) is 11.2. The van der Waals surface area contributed by atoms with Gasteiger partial charge in [0.25, 0.3) is 0 Å². The topological polar surface area (TPSA) is 30.2 Å². The van der Waals surface area contributed by atoms with Crippen LogP contribution >= 0.6 is 0 Å². The van der Waals surface area contributed by atoms with E-state index in [2.05, 4.69) is 0 Å². The molecule has 0 aliphatic carbocycles. The summed E-state index contributed by atoms with van der Waals surface area (Å²) in [5.41, 5.74) is 0.819. The molecule has 2 heteroatoms. The van der Waals surface area contributed by atoms with E-state index >= 15 is 0 Å². The van der Waals surface area contributed by atoms with Crippen molar-refractivity contribution in [2.75, 3.05) is 0 Å². The highest BCUT2D eigenvalue weighted by molar-refractivity contribution is 5.13. The largest absolute Gasteiger partial charge is 0.469 e. The molecule has 1 aromatic heterocycles. The maximum atomic E-state index is 11.2. The van der Waals surface area contributed by atoms with Crippen LogP contribution in [0.15, 0.2) is 21.5 Å².